The minimum Gasteiger partial charge on any atom is -0.486 e. The lowest BCUT2D eigenvalue weighted by Crippen LogP contribution is -2.40. The molecule has 0 saturated carbocycles. The van der Waals surface area contributed by atoms with Gasteiger partial charge in [-0.3, -0.25) is 9.59 Å². The fourth-order valence-electron chi connectivity index (χ4n) is 2.88. The first-order chi connectivity index (χ1) is 12.5. The quantitative estimate of drug-likeness (QED) is 0.810. The standard InChI is InChI=1S/C21H23NO4/c1-14-7-8-15(2)17(11-14)18(23)9-10-21(24)22-12-16-13-25-19-5-3-4-6-20(19)26-16/h3-8,11,16H,9-10,12-13H2,1-2H3,(H,22,24). The second kappa shape index (κ2) is 8.04. The van der Waals surface area contributed by atoms with E-state index in [1.807, 2.05) is 56.3 Å². The fourth-order valence-corrected chi connectivity index (χ4v) is 2.88. The van der Waals surface area contributed by atoms with Crippen LogP contribution in [0.25, 0.3) is 0 Å². The van der Waals surface area contributed by atoms with E-state index in [-0.39, 0.29) is 30.6 Å². The highest BCUT2D eigenvalue weighted by molar-refractivity contribution is 5.99. The molecule has 1 atom stereocenters. The molecule has 2 aromatic rings. The predicted molar refractivity (Wildman–Crippen MR) is 98.8 cm³/mol. The number of benzene rings is 2. The number of carbonyl (C=O) groups excluding carboxylic acids is 2. The molecular weight excluding hydrogens is 330 g/mol. The first-order valence-corrected chi connectivity index (χ1v) is 8.78. The van der Waals surface area contributed by atoms with Gasteiger partial charge in [0.15, 0.2) is 17.3 Å². The Kier molecular flexibility index (Phi) is 5.56. The van der Waals surface area contributed by atoms with Crippen LogP contribution in [0.1, 0.15) is 34.3 Å². The minimum atomic E-state index is -0.233. The lowest BCUT2D eigenvalue weighted by Gasteiger charge is -2.26. The van der Waals surface area contributed by atoms with Crippen LogP contribution in [-0.2, 0) is 4.79 Å². The zero-order chi connectivity index (χ0) is 18.5. The van der Waals surface area contributed by atoms with E-state index in [1.165, 1.54) is 0 Å². The van der Waals surface area contributed by atoms with Crippen molar-refractivity contribution in [1.82, 2.24) is 5.32 Å². The Labute approximate surface area is 153 Å². The fraction of sp³-hybridized carbons (Fsp3) is 0.333. The van der Waals surface area contributed by atoms with Crippen LogP contribution in [0.4, 0.5) is 0 Å². The number of amides is 1. The van der Waals surface area contributed by atoms with Crippen molar-refractivity contribution in [2.75, 3.05) is 13.2 Å². The van der Waals surface area contributed by atoms with E-state index in [0.717, 1.165) is 11.1 Å². The van der Waals surface area contributed by atoms with Gasteiger partial charge in [-0.05, 0) is 37.6 Å². The summed E-state index contributed by atoms with van der Waals surface area (Å²) in [5.74, 6) is 1.23. The molecule has 1 aliphatic rings. The second-order valence-electron chi connectivity index (χ2n) is 6.54. The van der Waals surface area contributed by atoms with Crippen molar-refractivity contribution in [1.29, 1.82) is 0 Å². The van der Waals surface area contributed by atoms with E-state index in [1.54, 1.807) is 0 Å². The largest absolute Gasteiger partial charge is 0.486 e. The molecule has 2 aromatic carbocycles. The number of ketones is 1. The molecule has 1 unspecified atom stereocenters. The Morgan fingerprint density at radius 2 is 1.85 bits per heavy atom. The van der Waals surface area contributed by atoms with Crippen LogP contribution < -0.4 is 14.8 Å². The molecule has 1 heterocycles. The van der Waals surface area contributed by atoms with Crippen molar-refractivity contribution >= 4 is 11.7 Å². The number of fused-ring (bicyclic) bond motifs is 1. The minimum absolute atomic E-state index is 0.00692. The molecule has 0 aliphatic carbocycles. The molecule has 136 valence electrons. The third-order valence-electron chi connectivity index (χ3n) is 4.37. The van der Waals surface area contributed by atoms with Crippen LogP contribution >= 0.6 is 0 Å². The van der Waals surface area contributed by atoms with Crippen molar-refractivity contribution in [2.24, 2.45) is 0 Å². The van der Waals surface area contributed by atoms with Gasteiger partial charge in [-0.15, -0.1) is 0 Å². The summed E-state index contributed by atoms with van der Waals surface area (Å²) in [7, 11) is 0. The number of carbonyl (C=O) groups is 2. The predicted octanol–water partition coefficient (Wildman–Crippen LogP) is 3.22. The van der Waals surface area contributed by atoms with E-state index in [9.17, 15) is 9.59 Å². The van der Waals surface area contributed by atoms with Gasteiger partial charge in [0.2, 0.25) is 5.91 Å². The number of nitrogens with one attached hydrogen (secondary N) is 1. The van der Waals surface area contributed by atoms with Gasteiger partial charge in [0.05, 0.1) is 6.54 Å². The molecule has 0 spiro atoms. The van der Waals surface area contributed by atoms with Gasteiger partial charge < -0.3 is 14.8 Å². The molecule has 5 nitrogen and oxygen atoms in total. The van der Waals surface area contributed by atoms with Gasteiger partial charge in [0, 0.05) is 18.4 Å². The summed E-state index contributed by atoms with van der Waals surface area (Å²) in [5.41, 5.74) is 2.67. The molecule has 1 amide bonds. The summed E-state index contributed by atoms with van der Waals surface area (Å²) in [4.78, 5) is 24.4. The number of rotatable bonds is 6. The molecule has 1 N–H and O–H groups in total. The van der Waals surface area contributed by atoms with Gasteiger partial charge in [-0.2, -0.15) is 0 Å². The summed E-state index contributed by atoms with van der Waals surface area (Å²) >= 11 is 0. The SMILES string of the molecule is Cc1ccc(C)c(C(=O)CCC(=O)NCC2COc3ccccc3O2)c1. The van der Waals surface area contributed by atoms with Crippen molar-refractivity contribution < 1.29 is 19.1 Å². The number of aryl methyl sites for hydroxylation is 2. The van der Waals surface area contributed by atoms with Gasteiger partial charge >= 0.3 is 0 Å². The maximum absolute atomic E-state index is 12.3. The van der Waals surface area contributed by atoms with Crippen molar-refractivity contribution in [2.45, 2.75) is 32.8 Å². The van der Waals surface area contributed by atoms with Gasteiger partial charge in [0.1, 0.15) is 12.7 Å². The summed E-state index contributed by atoms with van der Waals surface area (Å²) in [5, 5.41) is 2.82. The number of hydrogen-bond donors (Lipinski definition) is 1. The zero-order valence-corrected chi connectivity index (χ0v) is 15.1. The van der Waals surface area contributed by atoms with Crippen molar-refractivity contribution in [3.8, 4) is 11.5 Å². The van der Waals surface area contributed by atoms with Crippen molar-refractivity contribution in [3.05, 3.63) is 59.2 Å². The topological polar surface area (TPSA) is 64.6 Å². The Balaban J connectivity index is 1.45. The van der Waals surface area contributed by atoms with Crippen LogP contribution in [0.5, 0.6) is 11.5 Å². The normalized spacial score (nSPS) is 15.4. The highest BCUT2D eigenvalue weighted by atomic mass is 16.6. The molecule has 0 saturated heterocycles. The lowest BCUT2D eigenvalue weighted by molar-refractivity contribution is -0.121. The monoisotopic (exact) mass is 353 g/mol. The molecule has 1 aliphatic heterocycles. The summed E-state index contributed by atoms with van der Waals surface area (Å²) in [6, 6.07) is 13.2. The number of hydrogen-bond acceptors (Lipinski definition) is 4. The van der Waals surface area contributed by atoms with Crippen LogP contribution in [-0.4, -0.2) is 30.9 Å². The number of ether oxygens (including phenoxy) is 2. The van der Waals surface area contributed by atoms with Gasteiger partial charge in [-0.1, -0.05) is 29.8 Å². The van der Waals surface area contributed by atoms with Gasteiger partial charge in [-0.25, -0.2) is 0 Å². The third-order valence-corrected chi connectivity index (χ3v) is 4.37. The lowest BCUT2D eigenvalue weighted by atomic mass is 9.99. The smallest absolute Gasteiger partial charge is 0.220 e. The molecule has 0 aromatic heterocycles. The summed E-state index contributed by atoms with van der Waals surface area (Å²) < 4.78 is 11.4. The van der Waals surface area contributed by atoms with E-state index in [0.29, 0.717) is 30.2 Å². The third kappa shape index (κ3) is 4.42. The average Bonchev–Trinajstić information content (AvgIpc) is 2.66. The molecule has 0 bridgehead atoms. The molecule has 0 radical (unpaired) electrons. The zero-order valence-electron chi connectivity index (χ0n) is 15.1. The maximum Gasteiger partial charge on any atom is 0.220 e. The first kappa shape index (κ1) is 18.0. The summed E-state index contributed by atoms with van der Waals surface area (Å²) in [6.45, 7) is 4.60. The van der Waals surface area contributed by atoms with Crippen LogP contribution in [0.3, 0.4) is 0 Å². The second-order valence-corrected chi connectivity index (χ2v) is 6.54. The van der Waals surface area contributed by atoms with E-state index < -0.39 is 0 Å². The first-order valence-electron chi connectivity index (χ1n) is 8.78. The Morgan fingerprint density at radius 1 is 1.08 bits per heavy atom. The van der Waals surface area contributed by atoms with E-state index >= 15 is 0 Å². The highest BCUT2D eigenvalue weighted by Gasteiger charge is 2.21. The molecule has 5 heteroatoms. The summed E-state index contributed by atoms with van der Waals surface area (Å²) in [6.07, 6.45) is 0.126. The van der Waals surface area contributed by atoms with Crippen LogP contribution in [0, 0.1) is 13.8 Å². The van der Waals surface area contributed by atoms with Crippen LogP contribution in [0.2, 0.25) is 0 Å². The molecule has 26 heavy (non-hydrogen) atoms. The van der Waals surface area contributed by atoms with Crippen LogP contribution in [0.15, 0.2) is 42.5 Å². The Morgan fingerprint density at radius 3 is 2.65 bits per heavy atom. The highest BCUT2D eigenvalue weighted by Crippen LogP contribution is 2.30. The average molecular weight is 353 g/mol. The van der Waals surface area contributed by atoms with Crippen molar-refractivity contribution in [3.63, 3.8) is 0 Å². The van der Waals surface area contributed by atoms with E-state index in [2.05, 4.69) is 5.32 Å². The van der Waals surface area contributed by atoms with E-state index in [4.69, 9.17) is 9.47 Å². The molecule has 3 rings (SSSR count). The molecular formula is C21H23NO4. The Hall–Kier alpha value is -2.82. The molecule has 0 fully saturated rings. The number of Topliss-reactive ketones (excluding diaryl/α,β-unsaturated/α-hetero) is 1. The van der Waals surface area contributed by atoms with Gasteiger partial charge in [0.25, 0.3) is 0 Å². The Bertz CT molecular complexity index is 815. The number of para-hydroxylation sites is 2. The maximum atomic E-state index is 12.3.